The van der Waals surface area contributed by atoms with E-state index in [2.05, 4.69) is 45.0 Å². The number of nitrogens with zero attached hydrogens (tertiary/aromatic N) is 2. The Labute approximate surface area is 232 Å². The summed E-state index contributed by atoms with van der Waals surface area (Å²) in [6, 6.07) is 4.21. The molecule has 2 aromatic rings. The summed E-state index contributed by atoms with van der Waals surface area (Å²) >= 11 is 6.42. The first-order valence-corrected chi connectivity index (χ1v) is 15.1. The topological polar surface area (TPSA) is 105 Å². The first-order chi connectivity index (χ1) is 18.0. The van der Waals surface area contributed by atoms with Gasteiger partial charge in [0.05, 0.1) is 33.8 Å². The summed E-state index contributed by atoms with van der Waals surface area (Å²) in [5.41, 5.74) is 3.63. The average Bonchev–Trinajstić information content (AvgIpc) is 2.87. The largest absolute Gasteiger partial charge is 0.489 e. The molecule has 0 atom stereocenters. The van der Waals surface area contributed by atoms with Crippen LogP contribution >= 0.6 is 11.6 Å². The van der Waals surface area contributed by atoms with Gasteiger partial charge in [-0.25, -0.2) is 13.4 Å². The van der Waals surface area contributed by atoms with Crippen LogP contribution in [0.3, 0.4) is 0 Å². The molecule has 2 heterocycles. The molecular weight excluding hydrogens is 522 g/mol. The van der Waals surface area contributed by atoms with Gasteiger partial charge in [-0.3, -0.25) is 0 Å². The second kappa shape index (κ2) is 13.0. The fourth-order valence-electron chi connectivity index (χ4n) is 4.49. The van der Waals surface area contributed by atoms with Gasteiger partial charge in [0.15, 0.2) is 15.7 Å². The lowest BCUT2D eigenvalue weighted by atomic mass is 9.87. The van der Waals surface area contributed by atoms with Crippen LogP contribution in [0.2, 0.25) is 5.02 Å². The highest BCUT2D eigenvalue weighted by Gasteiger charge is 2.25. The van der Waals surface area contributed by atoms with Gasteiger partial charge in [0.25, 0.3) is 0 Å². The molecule has 1 fully saturated rings. The lowest BCUT2D eigenvalue weighted by molar-refractivity contribution is 0.243. The minimum absolute atomic E-state index is 0.0121. The van der Waals surface area contributed by atoms with Gasteiger partial charge in [0, 0.05) is 0 Å². The third-order valence-corrected chi connectivity index (χ3v) is 9.08. The van der Waals surface area contributed by atoms with Crippen LogP contribution in [0.25, 0.3) is 0 Å². The van der Waals surface area contributed by atoms with E-state index in [1.807, 2.05) is 13.8 Å². The molecule has 3 rings (SSSR count). The minimum Gasteiger partial charge on any atom is -0.489 e. The minimum atomic E-state index is -3.52. The monoisotopic (exact) mass is 561 g/mol. The molecule has 0 aliphatic carbocycles. The third kappa shape index (κ3) is 7.07. The van der Waals surface area contributed by atoms with Crippen molar-refractivity contribution in [3.05, 3.63) is 57.2 Å². The lowest BCUT2D eigenvalue weighted by Crippen LogP contribution is -2.27. The molecule has 0 saturated carbocycles. The molecule has 1 aliphatic heterocycles. The molecule has 10 heteroatoms. The molecule has 0 bridgehead atoms. The van der Waals surface area contributed by atoms with E-state index in [4.69, 9.17) is 16.3 Å². The van der Waals surface area contributed by atoms with Gasteiger partial charge >= 0.3 is 0 Å². The van der Waals surface area contributed by atoms with Crippen LogP contribution in [0.1, 0.15) is 71.4 Å². The normalized spacial score (nSPS) is 15.7. The highest BCUT2D eigenvalue weighted by molar-refractivity contribution is 7.96. The Balaban J connectivity index is 1.94. The average molecular weight is 562 g/mol. The zero-order valence-electron chi connectivity index (χ0n) is 23.4. The van der Waals surface area contributed by atoms with Crippen LogP contribution in [0.15, 0.2) is 41.1 Å². The Bertz CT molecular complexity index is 1300. The predicted octanol–water partition coefficient (Wildman–Crippen LogP) is 6.48. The van der Waals surface area contributed by atoms with E-state index in [1.165, 1.54) is 17.3 Å². The van der Waals surface area contributed by atoms with Crippen molar-refractivity contribution in [3.8, 4) is 5.75 Å². The van der Waals surface area contributed by atoms with Gasteiger partial charge in [-0.1, -0.05) is 23.8 Å². The van der Waals surface area contributed by atoms with Gasteiger partial charge in [0.2, 0.25) is 5.95 Å². The first kappa shape index (κ1) is 29.9. The summed E-state index contributed by atoms with van der Waals surface area (Å²) in [7, 11) is -3.52. The SMILES string of the molecule is C/C=C(Nc1nc(Nc2cc(C)c(C3CCNCC3)cc2OC(C)C)ncc1Cl)\C(=C/C)S(=O)(=O)C(C)C. The number of sulfone groups is 1. The van der Waals surface area contributed by atoms with Crippen molar-refractivity contribution >= 4 is 38.9 Å². The molecule has 1 saturated heterocycles. The maximum absolute atomic E-state index is 12.9. The quantitative estimate of drug-likeness (QED) is 0.283. The molecule has 1 aliphatic rings. The van der Waals surface area contributed by atoms with E-state index in [0.717, 1.165) is 37.4 Å². The van der Waals surface area contributed by atoms with E-state index in [9.17, 15) is 8.42 Å². The Hall–Kier alpha value is -2.62. The third-order valence-electron chi connectivity index (χ3n) is 6.50. The number of hydrogen-bond acceptors (Lipinski definition) is 8. The number of allylic oxidation sites excluding steroid dienone is 2. The van der Waals surface area contributed by atoms with Crippen LogP contribution in [0, 0.1) is 6.92 Å². The summed E-state index contributed by atoms with van der Waals surface area (Å²) in [6.07, 6.45) is 6.93. The summed E-state index contributed by atoms with van der Waals surface area (Å²) in [5, 5.41) is 9.51. The van der Waals surface area contributed by atoms with Crippen molar-refractivity contribution in [1.29, 1.82) is 0 Å². The molecule has 0 spiro atoms. The van der Waals surface area contributed by atoms with Crippen LogP contribution in [-0.4, -0.2) is 42.8 Å². The number of rotatable bonds is 10. The molecule has 1 aromatic carbocycles. The zero-order valence-corrected chi connectivity index (χ0v) is 24.9. The fourth-order valence-corrected chi connectivity index (χ4v) is 5.94. The van der Waals surface area contributed by atoms with E-state index in [-0.39, 0.29) is 16.0 Å². The number of benzene rings is 1. The van der Waals surface area contributed by atoms with Crippen molar-refractivity contribution in [1.82, 2.24) is 15.3 Å². The van der Waals surface area contributed by atoms with Crippen LogP contribution in [-0.2, 0) is 9.84 Å². The number of hydrogen-bond donors (Lipinski definition) is 3. The molecule has 0 unspecified atom stereocenters. The standard InChI is InChI=1S/C28H40ClN5O3S/c1-8-23(26(9-2)38(35,36)18(5)6)32-27-22(29)16-31-28(34-27)33-24-14-19(7)21(15-25(24)37-17(3)4)20-10-12-30-13-11-20/h8-9,14-18,20,30H,10-13H2,1-7H3,(H2,31,32,33,34)/b23-8+,26-9+. The molecular formula is C28H40ClN5O3S. The maximum atomic E-state index is 12.9. The fraction of sp³-hybridized carbons (Fsp3) is 0.500. The van der Waals surface area contributed by atoms with Crippen LogP contribution < -0.4 is 20.7 Å². The Morgan fingerprint density at radius 1 is 1.16 bits per heavy atom. The lowest BCUT2D eigenvalue weighted by Gasteiger charge is -2.26. The zero-order chi connectivity index (χ0) is 28.0. The number of ether oxygens (including phenoxy) is 1. The summed E-state index contributed by atoms with van der Waals surface area (Å²) in [5.74, 6) is 1.83. The second-order valence-electron chi connectivity index (χ2n) is 9.99. The Morgan fingerprint density at radius 3 is 2.42 bits per heavy atom. The molecule has 0 amide bonds. The van der Waals surface area contributed by atoms with Crippen molar-refractivity contribution in [3.63, 3.8) is 0 Å². The van der Waals surface area contributed by atoms with E-state index in [0.29, 0.717) is 23.4 Å². The number of nitrogens with one attached hydrogen (secondary N) is 3. The van der Waals surface area contributed by atoms with E-state index < -0.39 is 15.1 Å². The summed E-state index contributed by atoms with van der Waals surface area (Å²) < 4.78 is 32.0. The smallest absolute Gasteiger partial charge is 0.229 e. The van der Waals surface area contributed by atoms with E-state index in [1.54, 1.807) is 39.8 Å². The van der Waals surface area contributed by atoms with Gasteiger partial charge in [-0.15, -0.1) is 0 Å². The van der Waals surface area contributed by atoms with Crippen LogP contribution in [0.5, 0.6) is 5.75 Å². The van der Waals surface area contributed by atoms with Gasteiger partial charge in [0.1, 0.15) is 10.8 Å². The molecule has 1 aromatic heterocycles. The number of halogens is 1. The van der Waals surface area contributed by atoms with Crippen molar-refractivity contribution in [2.24, 2.45) is 0 Å². The van der Waals surface area contributed by atoms with Crippen molar-refractivity contribution in [2.45, 2.75) is 78.6 Å². The number of aromatic nitrogens is 2. The van der Waals surface area contributed by atoms with Gasteiger partial charge in [-0.05, 0) is 104 Å². The Kier molecular flexibility index (Phi) is 10.2. The Morgan fingerprint density at radius 2 is 1.84 bits per heavy atom. The molecule has 38 heavy (non-hydrogen) atoms. The van der Waals surface area contributed by atoms with Crippen LogP contribution in [0.4, 0.5) is 17.5 Å². The first-order valence-electron chi connectivity index (χ1n) is 13.1. The van der Waals surface area contributed by atoms with E-state index >= 15 is 0 Å². The number of piperidine rings is 1. The molecule has 208 valence electrons. The highest BCUT2D eigenvalue weighted by Crippen LogP contribution is 2.37. The predicted molar refractivity (Wildman–Crippen MR) is 157 cm³/mol. The number of aryl methyl sites for hydroxylation is 1. The molecule has 8 nitrogen and oxygen atoms in total. The van der Waals surface area contributed by atoms with Crippen molar-refractivity contribution < 1.29 is 13.2 Å². The van der Waals surface area contributed by atoms with Gasteiger partial charge < -0.3 is 20.7 Å². The van der Waals surface area contributed by atoms with Gasteiger partial charge in [-0.2, -0.15) is 4.98 Å². The maximum Gasteiger partial charge on any atom is 0.229 e. The molecule has 3 N–H and O–H groups in total. The highest BCUT2D eigenvalue weighted by atomic mass is 35.5. The summed E-state index contributed by atoms with van der Waals surface area (Å²) in [4.78, 5) is 9.12. The summed E-state index contributed by atoms with van der Waals surface area (Å²) in [6.45, 7) is 14.9. The second-order valence-corrected chi connectivity index (χ2v) is 12.9. The van der Waals surface area contributed by atoms with Crippen molar-refractivity contribution in [2.75, 3.05) is 23.7 Å². The molecule has 0 radical (unpaired) electrons. The number of anilines is 3.